The highest BCUT2D eigenvalue weighted by atomic mass is 16.5. The Kier molecular flexibility index (Phi) is 18.6. The van der Waals surface area contributed by atoms with Crippen LogP contribution in [0.4, 0.5) is 0 Å². The van der Waals surface area contributed by atoms with Crippen molar-refractivity contribution in [2.75, 3.05) is 19.6 Å². The first-order valence-electron chi connectivity index (χ1n) is 19.5. The average molecular weight is 780 g/mol. The molecule has 0 aromatic heterocycles. The number of hydrogen-bond acceptors (Lipinski definition) is 11. The van der Waals surface area contributed by atoms with Gasteiger partial charge in [0.1, 0.15) is 35.8 Å². The number of cyclic esters (lactones) is 1. The summed E-state index contributed by atoms with van der Waals surface area (Å²) in [4.78, 5) is 67.9. The quantitative estimate of drug-likeness (QED) is 0.0988. The Hall–Kier alpha value is -4.63. The zero-order valence-electron chi connectivity index (χ0n) is 33.3. The van der Waals surface area contributed by atoms with Gasteiger partial charge in [0.05, 0.1) is 18.1 Å². The number of amides is 3. The van der Waals surface area contributed by atoms with E-state index in [9.17, 15) is 39.3 Å². The molecule has 1 fully saturated rings. The van der Waals surface area contributed by atoms with Gasteiger partial charge in [0.25, 0.3) is 5.91 Å². The van der Waals surface area contributed by atoms with Crippen LogP contribution in [0.2, 0.25) is 0 Å². The Morgan fingerprint density at radius 1 is 1.09 bits per heavy atom. The van der Waals surface area contributed by atoms with E-state index in [2.05, 4.69) is 28.0 Å². The molecule has 1 saturated heterocycles. The van der Waals surface area contributed by atoms with Crippen LogP contribution in [0.5, 0.6) is 5.75 Å². The third kappa shape index (κ3) is 14.1. The number of phenolic OH excluding ortho intramolecular Hbond substituents is 1. The molecular formula is C42H61N5O9. The van der Waals surface area contributed by atoms with Crippen molar-refractivity contribution in [3.63, 3.8) is 0 Å². The van der Waals surface area contributed by atoms with Crippen molar-refractivity contribution in [1.29, 1.82) is 0 Å². The molecule has 14 heteroatoms. The molecule has 2 aliphatic heterocycles. The lowest BCUT2D eigenvalue weighted by atomic mass is 9.84. The number of rotatable bonds is 11. The summed E-state index contributed by atoms with van der Waals surface area (Å²) in [6.45, 7) is 13.3. The van der Waals surface area contributed by atoms with Gasteiger partial charge in [-0.15, -0.1) is 6.58 Å². The highest BCUT2D eigenvalue weighted by molar-refractivity contribution is 5.93. The number of ether oxygens (including phenoxy) is 1. The van der Waals surface area contributed by atoms with Crippen LogP contribution in [-0.2, 0) is 35.1 Å². The fraction of sp³-hybridized carbons (Fsp3) is 0.548. The van der Waals surface area contributed by atoms with Crippen LogP contribution in [0, 0.1) is 17.8 Å². The van der Waals surface area contributed by atoms with Crippen molar-refractivity contribution in [2.45, 2.75) is 110 Å². The number of esters is 1. The number of aromatic hydroxyl groups is 1. The van der Waals surface area contributed by atoms with E-state index < -0.39 is 77.9 Å². The maximum atomic E-state index is 14.3. The average Bonchev–Trinajstić information content (AvgIpc) is 3.16. The number of fused-ring (bicyclic) bond motifs is 2. The number of carbonyl (C=O) groups is 5. The molecular weight excluding hydrogens is 718 g/mol. The molecule has 3 amide bonds. The van der Waals surface area contributed by atoms with Gasteiger partial charge in [-0.3, -0.25) is 24.2 Å². The van der Waals surface area contributed by atoms with Crippen LogP contribution in [0.15, 0.2) is 72.9 Å². The van der Waals surface area contributed by atoms with Crippen LogP contribution >= 0.6 is 0 Å². The zero-order chi connectivity index (χ0) is 41.4. The number of aliphatic hydroxyl groups is 2. The molecule has 14 nitrogen and oxygen atoms in total. The first-order valence-corrected chi connectivity index (χ1v) is 19.5. The highest BCUT2D eigenvalue weighted by Gasteiger charge is 2.38. The maximum absolute atomic E-state index is 14.3. The summed E-state index contributed by atoms with van der Waals surface area (Å²) in [6, 6.07) is 3.08. The molecule has 56 heavy (non-hydrogen) atoms. The normalized spacial score (nSPS) is 28.9. The number of Topliss-reactive ketones (excluding diaryl/α,β-unsaturated/α-hetero) is 1. The first kappa shape index (κ1) is 45.8. The Balaban J connectivity index is 2.06. The predicted octanol–water partition coefficient (Wildman–Crippen LogP) is 2.55. The summed E-state index contributed by atoms with van der Waals surface area (Å²) in [5.41, 5.74) is 4.37. The second-order valence-electron chi connectivity index (χ2n) is 15.0. The fourth-order valence-corrected chi connectivity index (χ4v) is 6.60. The van der Waals surface area contributed by atoms with Crippen molar-refractivity contribution in [3.05, 3.63) is 78.4 Å². The van der Waals surface area contributed by atoms with Gasteiger partial charge in [0.2, 0.25) is 11.8 Å². The Bertz CT molecular complexity index is 1610. The predicted molar refractivity (Wildman–Crippen MR) is 213 cm³/mol. The molecule has 3 rings (SSSR count). The molecule has 0 aliphatic carbocycles. The van der Waals surface area contributed by atoms with Crippen LogP contribution in [-0.4, -0.2) is 106 Å². The van der Waals surface area contributed by atoms with Gasteiger partial charge in [0.15, 0.2) is 0 Å². The van der Waals surface area contributed by atoms with Crippen LogP contribution in [0.1, 0.15) is 72.3 Å². The lowest BCUT2D eigenvalue weighted by molar-refractivity contribution is -0.156. The minimum absolute atomic E-state index is 0.0106. The van der Waals surface area contributed by atoms with Crippen LogP contribution < -0.4 is 21.4 Å². The molecule has 0 saturated carbocycles. The van der Waals surface area contributed by atoms with E-state index in [-0.39, 0.29) is 37.3 Å². The van der Waals surface area contributed by atoms with Crippen molar-refractivity contribution in [1.82, 2.24) is 26.4 Å². The van der Waals surface area contributed by atoms with E-state index in [0.717, 1.165) is 5.57 Å². The van der Waals surface area contributed by atoms with Gasteiger partial charge in [-0.05, 0) is 62.3 Å². The number of ketones is 1. The lowest BCUT2D eigenvalue weighted by Crippen LogP contribution is -2.62. The molecule has 8 atom stereocenters. The zero-order valence-corrected chi connectivity index (χ0v) is 33.3. The molecule has 308 valence electrons. The van der Waals surface area contributed by atoms with Gasteiger partial charge in [-0.1, -0.05) is 69.4 Å². The SMILES string of the molecule is C=CCNC/C=C(\C)[C@@H]1C/C=C/C=C/[C@H](O)[C@H](C)[C@@H](O)[C@@H](CCC(C)=O)C(=O)N[C@@H](C(C)C)C(=O)N[C@@H](Cc2cccc(O)c2)C(=O)N2CCCC(N2)C(=O)O1. The molecule has 2 heterocycles. The number of aliphatic hydroxyl groups excluding tert-OH is 2. The van der Waals surface area contributed by atoms with Gasteiger partial charge >= 0.3 is 5.97 Å². The Labute approximate surface area is 330 Å². The van der Waals surface area contributed by atoms with Crippen molar-refractivity contribution in [2.24, 2.45) is 17.8 Å². The monoisotopic (exact) mass is 779 g/mol. The number of nitrogens with one attached hydrogen (secondary N) is 4. The smallest absolute Gasteiger partial charge is 0.325 e. The molecule has 1 unspecified atom stereocenters. The topological polar surface area (TPSA) is 207 Å². The number of allylic oxidation sites excluding steroid dienone is 2. The number of hydrogen-bond donors (Lipinski definition) is 7. The maximum Gasteiger partial charge on any atom is 0.325 e. The third-order valence-electron chi connectivity index (χ3n) is 10.1. The van der Waals surface area contributed by atoms with Gasteiger partial charge in [0, 0.05) is 44.8 Å². The van der Waals surface area contributed by atoms with Gasteiger partial charge < -0.3 is 40.8 Å². The number of carbonyl (C=O) groups excluding carboxylic acids is 5. The molecule has 0 spiro atoms. The van der Waals surface area contributed by atoms with Crippen LogP contribution in [0.25, 0.3) is 0 Å². The number of hydrazine groups is 1. The number of phenols is 1. The molecule has 1 aromatic carbocycles. The van der Waals surface area contributed by atoms with E-state index in [0.29, 0.717) is 37.9 Å². The molecule has 2 aliphatic rings. The Morgan fingerprint density at radius 2 is 1.84 bits per heavy atom. The minimum Gasteiger partial charge on any atom is -0.508 e. The molecule has 0 radical (unpaired) electrons. The second-order valence-corrected chi connectivity index (χ2v) is 15.0. The van der Waals surface area contributed by atoms with E-state index in [4.69, 9.17) is 4.74 Å². The second kappa shape index (κ2) is 22.8. The minimum atomic E-state index is -1.39. The van der Waals surface area contributed by atoms with Gasteiger partial charge in [-0.25, -0.2) is 5.43 Å². The fourth-order valence-electron chi connectivity index (χ4n) is 6.60. The van der Waals surface area contributed by atoms with Crippen molar-refractivity contribution in [3.8, 4) is 5.75 Å². The standard InChI is InChI=1S/C42H61N5O9/c1-7-21-43-22-20-27(4)36-17-10-8-9-16-35(50)29(6)38(51)32(19-18-28(5)48)39(52)45-37(26(2)3)40(53)44-34(25-30-13-11-14-31(49)24-30)41(54)47-23-12-15-33(46-47)42(55)56-36/h7-11,13-14,16,20,24,26,29,32-38,43,46,49-51H,1,12,15,17-19,21-23,25H2,2-6H3,(H,44,53)(H,45,52)/b10-8+,16-9+,27-20+/t29-,32+,33?,34-,35-,36-,37-,38+/m0/s1. The third-order valence-corrected chi connectivity index (χ3v) is 10.1. The molecule has 1 aromatic rings. The first-order chi connectivity index (χ1) is 26.6. The van der Waals surface area contributed by atoms with Crippen LogP contribution in [0.3, 0.4) is 0 Å². The van der Waals surface area contributed by atoms with Crippen molar-refractivity contribution < 1.29 is 44.0 Å². The molecule has 2 bridgehead atoms. The summed E-state index contributed by atoms with van der Waals surface area (Å²) in [7, 11) is 0. The highest BCUT2D eigenvalue weighted by Crippen LogP contribution is 2.24. The summed E-state index contributed by atoms with van der Waals surface area (Å²) < 4.78 is 6.03. The largest absolute Gasteiger partial charge is 0.508 e. The van der Waals surface area contributed by atoms with Gasteiger partial charge in [-0.2, -0.15) is 0 Å². The van der Waals surface area contributed by atoms with E-state index in [1.165, 1.54) is 30.1 Å². The Morgan fingerprint density at radius 3 is 2.52 bits per heavy atom. The summed E-state index contributed by atoms with van der Waals surface area (Å²) in [6.07, 6.45) is 8.11. The van der Waals surface area contributed by atoms with E-state index >= 15 is 0 Å². The summed E-state index contributed by atoms with van der Waals surface area (Å²) in [5, 5.41) is 42.7. The lowest BCUT2D eigenvalue weighted by Gasteiger charge is -2.36. The van der Waals surface area contributed by atoms with E-state index in [1.807, 2.05) is 13.0 Å². The summed E-state index contributed by atoms with van der Waals surface area (Å²) in [5.74, 6) is -5.13. The van der Waals surface area contributed by atoms with Crippen molar-refractivity contribution >= 4 is 29.5 Å². The number of benzene rings is 1. The summed E-state index contributed by atoms with van der Waals surface area (Å²) >= 11 is 0. The number of nitrogens with zero attached hydrogens (tertiary/aromatic N) is 1. The molecule has 7 N–H and O–H groups in total. The van der Waals surface area contributed by atoms with E-state index in [1.54, 1.807) is 57.2 Å².